The first kappa shape index (κ1) is 15.1. The van der Waals surface area contributed by atoms with Crippen molar-refractivity contribution in [3.63, 3.8) is 0 Å². The van der Waals surface area contributed by atoms with Gasteiger partial charge in [0.15, 0.2) is 5.79 Å². The van der Waals surface area contributed by atoms with E-state index in [-0.39, 0.29) is 12.1 Å². The first-order chi connectivity index (χ1) is 10.2. The summed E-state index contributed by atoms with van der Waals surface area (Å²) in [5, 5.41) is 2.99. The summed E-state index contributed by atoms with van der Waals surface area (Å²) in [6.45, 7) is 6.37. The second-order valence-electron chi connectivity index (χ2n) is 6.30. The Labute approximate surface area is 126 Å². The van der Waals surface area contributed by atoms with E-state index < -0.39 is 5.79 Å². The van der Waals surface area contributed by atoms with Gasteiger partial charge in [0.25, 0.3) is 0 Å². The number of amides is 2. The van der Waals surface area contributed by atoms with Crippen LogP contribution in [0.25, 0.3) is 0 Å². The summed E-state index contributed by atoms with van der Waals surface area (Å²) < 4.78 is 17.0. The molecule has 3 fully saturated rings. The molecule has 0 aromatic heterocycles. The lowest BCUT2D eigenvalue weighted by Crippen LogP contribution is -2.49. The quantitative estimate of drug-likeness (QED) is 0.854. The molecule has 120 valence electrons. The average molecular weight is 298 g/mol. The van der Waals surface area contributed by atoms with Crippen LogP contribution < -0.4 is 5.32 Å². The van der Waals surface area contributed by atoms with Gasteiger partial charge >= 0.3 is 6.03 Å². The molecule has 0 saturated carbocycles. The highest BCUT2D eigenvalue weighted by Gasteiger charge is 2.41. The molecule has 1 N–H and O–H groups in total. The molecule has 0 aliphatic carbocycles. The van der Waals surface area contributed by atoms with Gasteiger partial charge in [-0.2, -0.15) is 0 Å². The molecule has 0 radical (unpaired) electrons. The highest BCUT2D eigenvalue weighted by Crippen LogP contribution is 2.34. The lowest BCUT2D eigenvalue weighted by atomic mass is 9.89. The molecule has 0 bridgehead atoms. The number of carbonyl (C=O) groups excluding carboxylic acids is 1. The molecular formula is C15H26N2O4. The number of carbonyl (C=O) groups is 1. The second kappa shape index (κ2) is 6.50. The predicted molar refractivity (Wildman–Crippen MR) is 77.0 cm³/mol. The van der Waals surface area contributed by atoms with Crippen LogP contribution in [0, 0.1) is 5.92 Å². The fourth-order valence-corrected chi connectivity index (χ4v) is 3.49. The van der Waals surface area contributed by atoms with E-state index in [0.29, 0.717) is 25.7 Å². The van der Waals surface area contributed by atoms with Crippen molar-refractivity contribution in [1.29, 1.82) is 0 Å². The largest absolute Gasteiger partial charge is 0.376 e. The van der Waals surface area contributed by atoms with Gasteiger partial charge in [-0.15, -0.1) is 0 Å². The number of nitrogens with zero attached hydrogens (tertiary/aromatic N) is 1. The SMILES string of the molecule is CC1(C2CCN(C(=O)NC[C@@H]3CCCO3)CC2)OCCO1. The van der Waals surface area contributed by atoms with Crippen LogP contribution in [0.15, 0.2) is 0 Å². The fraction of sp³-hybridized carbons (Fsp3) is 0.933. The van der Waals surface area contributed by atoms with Crippen LogP contribution in [0.1, 0.15) is 32.6 Å². The zero-order valence-electron chi connectivity index (χ0n) is 12.8. The van der Waals surface area contributed by atoms with Crippen LogP contribution in [0.5, 0.6) is 0 Å². The van der Waals surface area contributed by atoms with E-state index >= 15 is 0 Å². The van der Waals surface area contributed by atoms with Crippen LogP contribution in [0.3, 0.4) is 0 Å². The maximum atomic E-state index is 12.2. The lowest BCUT2D eigenvalue weighted by Gasteiger charge is -2.39. The first-order valence-electron chi connectivity index (χ1n) is 8.10. The Morgan fingerprint density at radius 2 is 1.90 bits per heavy atom. The summed E-state index contributed by atoms with van der Waals surface area (Å²) in [6.07, 6.45) is 4.22. The van der Waals surface area contributed by atoms with E-state index in [1.54, 1.807) is 0 Å². The molecule has 0 aromatic rings. The van der Waals surface area contributed by atoms with Gasteiger partial charge in [-0.05, 0) is 32.6 Å². The molecule has 3 aliphatic heterocycles. The molecular weight excluding hydrogens is 272 g/mol. The van der Waals surface area contributed by atoms with Gasteiger partial charge in [-0.25, -0.2) is 4.79 Å². The minimum absolute atomic E-state index is 0.0300. The number of rotatable bonds is 3. The molecule has 3 saturated heterocycles. The summed E-state index contributed by atoms with van der Waals surface area (Å²) in [4.78, 5) is 14.1. The molecule has 2 amide bonds. The van der Waals surface area contributed by atoms with Crippen molar-refractivity contribution in [3.05, 3.63) is 0 Å². The monoisotopic (exact) mass is 298 g/mol. The van der Waals surface area contributed by atoms with Crippen LogP contribution in [0.2, 0.25) is 0 Å². The van der Waals surface area contributed by atoms with E-state index in [1.165, 1.54) is 0 Å². The third kappa shape index (κ3) is 3.49. The van der Waals surface area contributed by atoms with E-state index in [1.807, 2.05) is 11.8 Å². The van der Waals surface area contributed by atoms with E-state index in [9.17, 15) is 4.79 Å². The molecule has 0 spiro atoms. The summed E-state index contributed by atoms with van der Waals surface area (Å²) in [7, 11) is 0. The van der Waals surface area contributed by atoms with Gasteiger partial charge in [0.2, 0.25) is 0 Å². The zero-order valence-corrected chi connectivity index (χ0v) is 12.8. The van der Waals surface area contributed by atoms with Crippen LogP contribution in [-0.4, -0.2) is 62.3 Å². The Kier molecular flexibility index (Phi) is 4.66. The van der Waals surface area contributed by atoms with Crippen molar-refractivity contribution in [2.24, 2.45) is 5.92 Å². The number of hydrogen-bond donors (Lipinski definition) is 1. The Morgan fingerprint density at radius 1 is 1.19 bits per heavy atom. The normalized spacial score (nSPS) is 29.8. The van der Waals surface area contributed by atoms with E-state index in [0.717, 1.165) is 45.4 Å². The fourth-order valence-electron chi connectivity index (χ4n) is 3.49. The second-order valence-corrected chi connectivity index (χ2v) is 6.30. The van der Waals surface area contributed by atoms with Crippen LogP contribution in [0.4, 0.5) is 4.79 Å². The van der Waals surface area contributed by atoms with Crippen molar-refractivity contribution in [2.45, 2.75) is 44.5 Å². The smallest absolute Gasteiger partial charge is 0.317 e. The summed E-state index contributed by atoms with van der Waals surface area (Å²) in [5.41, 5.74) is 0. The third-order valence-electron chi connectivity index (χ3n) is 4.89. The molecule has 0 aromatic carbocycles. The highest BCUT2D eigenvalue weighted by molar-refractivity contribution is 5.74. The number of ether oxygens (including phenoxy) is 3. The van der Waals surface area contributed by atoms with Crippen molar-refractivity contribution in [1.82, 2.24) is 10.2 Å². The Hall–Kier alpha value is -0.850. The molecule has 3 aliphatic rings. The molecule has 0 unspecified atom stereocenters. The summed E-state index contributed by atoms with van der Waals surface area (Å²) in [5.74, 6) is -0.0671. The highest BCUT2D eigenvalue weighted by atomic mass is 16.7. The standard InChI is InChI=1S/C15H26N2O4/c1-15(20-9-10-21-15)12-4-6-17(7-5-12)14(18)16-11-13-3-2-8-19-13/h12-13H,2-11H2,1H3,(H,16,18)/t13-/m0/s1. The predicted octanol–water partition coefficient (Wildman–Crippen LogP) is 1.35. The number of piperidine rings is 1. The third-order valence-corrected chi connectivity index (χ3v) is 4.89. The van der Waals surface area contributed by atoms with Gasteiger partial charge in [-0.1, -0.05) is 0 Å². The molecule has 21 heavy (non-hydrogen) atoms. The van der Waals surface area contributed by atoms with Crippen molar-refractivity contribution in [2.75, 3.05) is 39.5 Å². The van der Waals surface area contributed by atoms with Gasteiger partial charge in [0.05, 0.1) is 19.3 Å². The first-order valence-corrected chi connectivity index (χ1v) is 8.10. The maximum Gasteiger partial charge on any atom is 0.317 e. The minimum atomic E-state index is -0.444. The van der Waals surface area contributed by atoms with Gasteiger partial charge in [0.1, 0.15) is 0 Å². The molecule has 3 rings (SSSR count). The Morgan fingerprint density at radius 3 is 2.52 bits per heavy atom. The van der Waals surface area contributed by atoms with Gasteiger partial charge < -0.3 is 24.4 Å². The van der Waals surface area contributed by atoms with Crippen molar-refractivity contribution >= 4 is 6.03 Å². The van der Waals surface area contributed by atoms with Crippen molar-refractivity contribution < 1.29 is 19.0 Å². The van der Waals surface area contributed by atoms with Gasteiger partial charge in [-0.3, -0.25) is 0 Å². The van der Waals surface area contributed by atoms with E-state index in [4.69, 9.17) is 14.2 Å². The summed E-state index contributed by atoms with van der Waals surface area (Å²) in [6, 6.07) is 0.0300. The Bertz CT molecular complexity index is 357. The molecule has 3 heterocycles. The molecule has 6 nitrogen and oxygen atoms in total. The lowest BCUT2D eigenvalue weighted by molar-refractivity contribution is -0.189. The van der Waals surface area contributed by atoms with Gasteiger partial charge in [0, 0.05) is 32.2 Å². The Balaban J connectivity index is 1.41. The number of likely N-dealkylation sites (tertiary alicyclic amines) is 1. The summed E-state index contributed by atoms with van der Waals surface area (Å²) >= 11 is 0. The van der Waals surface area contributed by atoms with E-state index in [2.05, 4.69) is 5.32 Å². The van der Waals surface area contributed by atoms with Crippen molar-refractivity contribution in [3.8, 4) is 0 Å². The van der Waals surface area contributed by atoms with Crippen LogP contribution >= 0.6 is 0 Å². The maximum absolute atomic E-state index is 12.2. The number of nitrogens with one attached hydrogen (secondary N) is 1. The zero-order chi connectivity index (χ0) is 14.7. The van der Waals surface area contributed by atoms with Crippen LogP contribution in [-0.2, 0) is 14.2 Å². The number of urea groups is 1. The minimum Gasteiger partial charge on any atom is -0.376 e. The topological polar surface area (TPSA) is 60.0 Å². The number of hydrogen-bond acceptors (Lipinski definition) is 4. The average Bonchev–Trinajstić information content (AvgIpc) is 3.17. The molecule has 1 atom stereocenters. The molecule has 6 heteroatoms.